The summed E-state index contributed by atoms with van der Waals surface area (Å²) in [5.41, 5.74) is 8.03. The van der Waals surface area contributed by atoms with Gasteiger partial charge >= 0.3 is 0 Å². The van der Waals surface area contributed by atoms with Gasteiger partial charge in [0.05, 0.1) is 5.69 Å². The van der Waals surface area contributed by atoms with Crippen molar-refractivity contribution in [2.24, 2.45) is 5.92 Å². The van der Waals surface area contributed by atoms with Crippen molar-refractivity contribution < 1.29 is 4.79 Å². The normalized spacial score (nSPS) is 23.8. The van der Waals surface area contributed by atoms with Crippen molar-refractivity contribution in [3.05, 3.63) is 29.8 Å². The van der Waals surface area contributed by atoms with Gasteiger partial charge in [0.25, 0.3) is 0 Å². The number of amides is 1. The predicted octanol–water partition coefficient (Wildman–Crippen LogP) is 2.42. The van der Waals surface area contributed by atoms with Gasteiger partial charge in [-0.1, -0.05) is 6.07 Å². The molecule has 0 bridgehead atoms. The molecule has 7 heteroatoms. The Labute approximate surface area is 139 Å². The summed E-state index contributed by atoms with van der Waals surface area (Å²) in [5.74, 6) is 0.472. The smallest absolute Gasteiger partial charge is 0.226 e. The molecule has 122 valence electrons. The number of thiazole rings is 1. The van der Waals surface area contributed by atoms with Gasteiger partial charge in [-0.3, -0.25) is 20.6 Å². The molecule has 2 aromatic rings. The van der Waals surface area contributed by atoms with Crippen molar-refractivity contribution >= 4 is 22.4 Å². The number of hydrazine groups is 1. The molecule has 1 saturated heterocycles. The maximum atomic E-state index is 12.1. The van der Waals surface area contributed by atoms with Crippen LogP contribution < -0.4 is 16.2 Å². The molecular formula is C16H21N5OS. The topological polar surface area (TPSA) is 78.9 Å². The maximum Gasteiger partial charge on any atom is 0.226 e. The van der Waals surface area contributed by atoms with Gasteiger partial charge in [0.2, 0.25) is 5.91 Å². The fourth-order valence-corrected chi connectivity index (χ4v) is 3.57. The summed E-state index contributed by atoms with van der Waals surface area (Å²) in [5, 5.41) is 5.42. The first-order valence-electron chi connectivity index (χ1n) is 7.81. The first-order chi connectivity index (χ1) is 11.1. The van der Waals surface area contributed by atoms with Crippen molar-refractivity contribution in [3.63, 3.8) is 0 Å². The van der Waals surface area contributed by atoms with E-state index in [4.69, 9.17) is 0 Å². The minimum atomic E-state index is 0.0122. The molecular weight excluding hydrogens is 310 g/mol. The number of anilines is 1. The zero-order valence-corrected chi connectivity index (χ0v) is 14.1. The van der Waals surface area contributed by atoms with Crippen LogP contribution in [0.4, 0.5) is 5.13 Å². The first-order valence-corrected chi connectivity index (χ1v) is 8.69. The zero-order valence-electron chi connectivity index (χ0n) is 13.2. The predicted molar refractivity (Wildman–Crippen MR) is 91.9 cm³/mol. The lowest BCUT2D eigenvalue weighted by atomic mass is 9.91. The van der Waals surface area contributed by atoms with Gasteiger partial charge < -0.3 is 5.32 Å². The van der Waals surface area contributed by atoms with Gasteiger partial charge in [-0.2, -0.15) is 0 Å². The Morgan fingerprint density at radius 3 is 2.74 bits per heavy atom. The van der Waals surface area contributed by atoms with Gasteiger partial charge in [-0.15, -0.1) is 11.3 Å². The number of nitrogens with zero attached hydrogens (tertiary/aromatic N) is 2. The molecule has 3 rings (SSSR count). The van der Waals surface area contributed by atoms with E-state index in [0.29, 0.717) is 29.6 Å². The van der Waals surface area contributed by atoms with Gasteiger partial charge in [0, 0.05) is 30.1 Å². The lowest BCUT2D eigenvalue weighted by Gasteiger charge is -2.16. The van der Waals surface area contributed by atoms with Crippen LogP contribution in [0.5, 0.6) is 0 Å². The Hall–Kier alpha value is -1.83. The second-order valence-corrected chi connectivity index (χ2v) is 6.73. The summed E-state index contributed by atoms with van der Waals surface area (Å²) in [4.78, 5) is 20.8. The van der Waals surface area contributed by atoms with E-state index in [-0.39, 0.29) is 5.91 Å². The van der Waals surface area contributed by atoms with E-state index in [2.05, 4.69) is 40.0 Å². The number of hydrogen-bond acceptors (Lipinski definition) is 6. The molecule has 1 aliphatic rings. The molecule has 2 atom stereocenters. The number of rotatable bonds is 5. The second-order valence-electron chi connectivity index (χ2n) is 5.87. The van der Waals surface area contributed by atoms with Crippen LogP contribution in [0.3, 0.4) is 0 Å². The number of hydrogen-bond donors (Lipinski definition) is 3. The summed E-state index contributed by atoms with van der Waals surface area (Å²) in [6, 6.07) is 6.46. The highest BCUT2D eigenvalue weighted by Gasteiger charge is 2.29. The molecule has 2 aromatic heterocycles. The second kappa shape index (κ2) is 7.16. The molecule has 1 fully saturated rings. The molecule has 0 spiro atoms. The monoisotopic (exact) mass is 331 g/mol. The molecule has 0 aromatic carbocycles. The largest absolute Gasteiger partial charge is 0.302 e. The van der Waals surface area contributed by atoms with Crippen LogP contribution >= 0.6 is 11.3 Å². The van der Waals surface area contributed by atoms with Crippen LogP contribution in [0.2, 0.25) is 0 Å². The third-order valence-electron chi connectivity index (χ3n) is 4.21. The summed E-state index contributed by atoms with van der Waals surface area (Å²) in [6.45, 7) is 4.28. The minimum absolute atomic E-state index is 0.0122. The van der Waals surface area contributed by atoms with Gasteiger partial charge in [0.15, 0.2) is 5.13 Å². The Bertz CT molecular complexity index is 650. The molecule has 3 heterocycles. The molecule has 6 nitrogen and oxygen atoms in total. The van der Waals surface area contributed by atoms with E-state index >= 15 is 0 Å². The molecule has 1 aliphatic heterocycles. The van der Waals surface area contributed by atoms with Crippen LogP contribution in [-0.2, 0) is 4.79 Å². The Balaban J connectivity index is 1.53. The van der Waals surface area contributed by atoms with Crippen molar-refractivity contribution in [1.82, 2.24) is 20.8 Å². The Kier molecular flexibility index (Phi) is 5.00. The lowest BCUT2D eigenvalue weighted by Crippen LogP contribution is -2.30. The molecule has 0 radical (unpaired) electrons. The number of carbonyl (C=O) groups is 1. The van der Waals surface area contributed by atoms with Gasteiger partial charge in [0.1, 0.15) is 5.69 Å². The van der Waals surface area contributed by atoms with Crippen molar-refractivity contribution in [2.75, 3.05) is 5.32 Å². The molecule has 2 unspecified atom stereocenters. The number of pyridine rings is 1. The number of aromatic nitrogens is 2. The Morgan fingerprint density at radius 1 is 1.26 bits per heavy atom. The third kappa shape index (κ3) is 3.93. The molecule has 3 N–H and O–H groups in total. The highest BCUT2D eigenvalue weighted by molar-refractivity contribution is 7.14. The van der Waals surface area contributed by atoms with Crippen LogP contribution in [0.25, 0.3) is 11.4 Å². The van der Waals surface area contributed by atoms with Gasteiger partial charge in [-0.25, -0.2) is 4.98 Å². The fraction of sp³-hybridized carbons (Fsp3) is 0.438. The minimum Gasteiger partial charge on any atom is -0.302 e. The molecule has 0 aliphatic carbocycles. The fourth-order valence-electron chi connectivity index (χ4n) is 2.85. The highest BCUT2D eigenvalue weighted by atomic mass is 32.1. The van der Waals surface area contributed by atoms with E-state index in [1.165, 1.54) is 11.3 Å². The van der Waals surface area contributed by atoms with Crippen molar-refractivity contribution in [1.29, 1.82) is 0 Å². The molecule has 1 amide bonds. The lowest BCUT2D eigenvalue weighted by molar-refractivity contribution is -0.116. The van der Waals surface area contributed by atoms with Crippen LogP contribution in [0.15, 0.2) is 29.8 Å². The standard InChI is InChI=1S/C16H21N5OS/c1-10-12(11(2)21-20-10)6-7-15(22)19-16-18-14(9-23-16)13-5-3-4-8-17-13/h3-5,8-12,20-21H,6-7H2,1-2H3,(H,18,19,22). The Morgan fingerprint density at radius 2 is 2.04 bits per heavy atom. The van der Waals surface area contributed by atoms with Gasteiger partial charge in [-0.05, 0) is 38.3 Å². The van der Waals surface area contributed by atoms with E-state index in [1.54, 1.807) is 6.20 Å². The highest BCUT2D eigenvalue weighted by Crippen LogP contribution is 2.24. The quantitative estimate of drug-likeness (QED) is 0.784. The average molecular weight is 331 g/mol. The number of nitrogens with one attached hydrogen (secondary N) is 3. The maximum absolute atomic E-state index is 12.1. The van der Waals surface area contributed by atoms with E-state index in [0.717, 1.165) is 17.8 Å². The summed E-state index contributed by atoms with van der Waals surface area (Å²) >= 11 is 1.42. The zero-order chi connectivity index (χ0) is 16.2. The third-order valence-corrected chi connectivity index (χ3v) is 4.96. The first kappa shape index (κ1) is 16.0. The SMILES string of the molecule is CC1NNC(C)C1CCC(=O)Nc1nc(-c2ccccn2)cs1. The van der Waals surface area contributed by atoms with Crippen molar-refractivity contribution in [3.8, 4) is 11.4 Å². The van der Waals surface area contributed by atoms with E-state index in [1.807, 2.05) is 23.6 Å². The van der Waals surface area contributed by atoms with E-state index < -0.39 is 0 Å². The summed E-state index contributed by atoms with van der Waals surface area (Å²) in [7, 11) is 0. The van der Waals surface area contributed by atoms with Crippen LogP contribution in [0, 0.1) is 5.92 Å². The van der Waals surface area contributed by atoms with Crippen LogP contribution in [0.1, 0.15) is 26.7 Å². The molecule has 23 heavy (non-hydrogen) atoms. The van der Waals surface area contributed by atoms with Crippen molar-refractivity contribution in [2.45, 2.75) is 38.8 Å². The molecule has 0 saturated carbocycles. The van der Waals surface area contributed by atoms with E-state index in [9.17, 15) is 4.79 Å². The summed E-state index contributed by atoms with van der Waals surface area (Å²) < 4.78 is 0. The number of carbonyl (C=O) groups excluding carboxylic acids is 1. The average Bonchev–Trinajstić information content (AvgIpc) is 3.14. The van der Waals surface area contributed by atoms with Crippen LogP contribution in [-0.4, -0.2) is 28.0 Å². The summed E-state index contributed by atoms with van der Waals surface area (Å²) in [6.07, 6.45) is 3.09.